The number of aliphatic carboxylic acids is 1. The SMILES string of the molecule is CCC(C)(C)C(=O)NCCOOCCCC1CCCCC1C(=O)O. The summed E-state index contributed by atoms with van der Waals surface area (Å²) < 4.78 is 0. The highest BCUT2D eigenvalue weighted by Gasteiger charge is 2.30. The molecule has 6 heteroatoms. The van der Waals surface area contributed by atoms with Crippen LogP contribution in [0, 0.1) is 17.3 Å². The first kappa shape index (κ1) is 20.9. The van der Waals surface area contributed by atoms with Crippen LogP contribution < -0.4 is 5.32 Å². The normalized spacial score (nSPS) is 21.5. The van der Waals surface area contributed by atoms with Gasteiger partial charge in [-0.05, 0) is 38.0 Å². The highest BCUT2D eigenvalue weighted by Crippen LogP contribution is 2.33. The van der Waals surface area contributed by atoms with E-state index in [0.29, 0.717) is 19.8 Å². The minimum atomic E-state index is -0.664. The lowest BCUT2D eigenvalue weighted by Gasteiger charge is -2.28. The molecule has 1 aliphatic rings. The number of amides is 1. The molecule has 6 nitrogen and oxygen atoms in total. The fourth-order valence-corrected chi connectivity index (χ4v) is 3.01. The van der Waals surface area contributed by atoms with Crippen molar-refractivity contribution >= 4 is 11.9 Å². The van der Waals surface area contributed by atoms with Gasteiger partial charge in [-0.3, -0.25) is 9.59 Å². The molecule has 1 fully saturated rings. The Labute approximate surface area is 145 Å². The van der Waals surface area contributed by atoms with E-state index in [9.17, 15) is 14.7 Å². The number of carboxylic acid groups (broad SMARTS) is 1. The van der Waals surface area contributed by atoms with E-state index in [1.54, 1.807) is 0 Å². The zero-order valence-corrected chi connectivity index (χ0v) is 15.3. The summed E-state index contributed by atoms with van der Waals surface area (Å²) in [6.07, 6.45) is 6.38. The minimum Gasteiger partial charge on any atom is -0.481 e. The summed E-state index contributed by atoms with van der Waals surface area (Å²) in [5, 5.41) is 12.1. The lowest BCUT2D eigenvalue weighted by atomic mass is 9.77. The van der Waals surface area contributed by atoms with Crippen LogP contribution in [0.15, 0.2) is 0 Å². The topological polar surface area (TPSA) is 84.9 Å². The Hall–Kier alpha value is -1.14. The van der Waals surface area contributed by atoms with E-state index < -0.39 is 5.97 Å². The van der Waals surface area contributed by atoms with Gasteiger partial charge in [-0.25, -0.2) is 9.78 Å². The monoisotopic (exact) mass is 343 g/mol. The fraction of sp³-hybridized carbons (Fsp3) is 0.889. The zero-order chi connectivity index (χ0) is 18.0. The van der Waals surface area contributed by atoms with Gasteiger partial charge in [0.05, 0.1) is 19.1 Å². The Kier molecular flexibility index (Phi) is 9.29. The van der Waals surface area contributed by atoms with E-state index in [0.717, 1.165) is 44.9 Å². The highest BCUT2D eigenvalue weighted by molar-refractivity contribution is 5.81. The summed E-state index contributed by atoms with van der Waals surface area (Å²) in [6.45, 7) is 7.00. The maximum Gasteiger partial charge on any atom is 0.306 e. The van der Waals surface area contributed by atoms with Crippen molar-refractivity contribution in [2.75, 3.05) is 19.8 Å². The largest absolute Gasteiger partial charge is 0.481 e. The number of carboxylic acids is 1. The van der Waals surface area contributed by atoms with Crippen molar-refractivity contribution in [3.63, 3.8) is 0 Å². The van der Waals surface area contributed by atoms with E-state index in [-0.39, 0.29) is 23.2 Å². The molecule has 1 saturated carbocycles. The van der Waals surface area contributed by atoms with Gasteiger partial charge < -0.3 is 10.4 Å². The van der Waals surface area contributed by atoms with Crippen LogP contribution in [0.1, 0.15) is 65.7 Å². The summed E-state index contributed by atoms with van der Waals surface area (Å²) >= 11 is 0. The number of hydrogen-bond donors (Lipinski definition) is 2. The third-order valence-corrected chi connectivity index (χ3v) is 5.08. The van der Waals surface area contributed by atoms with Crippen LogP contribution in [-0.4, -0.2) is 36.7 Å². The van der Waals surface area contributed by atoms with Gasteiger partial charge in [0.1, 0.15) is 0 Å². The Morgan fingerprint density at radius 1 is 1.17 bits per heavy atom. The molecule has 0 saturated heterocycles. The van der Waals surface area contributed by atoms with Gasteiger partial charge in [-0.2, -0.15) is 0 Å². The predicted molar refractivity (Wildman–Crippen MR) is 91.3 cm³/mol. The lowest BCUT2D eigenvalue weighted by molar-refractivity contribution is -0.293. The number of carbonyl (C=O) groups is 2. The van der Waals surface area contributed by atoms with Gasteiger partial charge in [-0.1, -0.05) is 33.6 Å². The van der Waals surface area contributed by atoms with Gasteiger partial charge in [0.15, 0.2) is 0 Å². The molecule has 0 aliphatic heterocycles. The molecule has 1 rings (SSSR count). The molecule has 2 unspecified atom stereocenters. The summed E-state index contributed by atoms with van der Waals surface area (Å²) in [5.41, 5.74) is -0.360. The van der Waals surface area contributed by atoms with Crippen molar-refractivity contribution in [2.24, 2.45) is 17.3 Å². The molecule has 0 bridgehead atoms. The summed E-state index contributed by atoms with van der Waals surface area (Å²) in [5.74, 6) is -0.583. The van der Waals surface area contributed by atoms with Crippen LogP contribution in [0.2, 0.25) is 0 Å². The number of carbonyl (C=O) groups excluding carboxylic acids is 1. The van der Waals surface area contributed by atoms with Crippen LogP contribution in [0.25, 0.3) is 0 Å². The second kappa shape index (κ2) is 10.7. The van der Waals surface area contributed by atoms with Crippen molar-refractivity contribution in [1.29, 1.82) is 0 Å². The van der Waals surface area contributed by atoms with Crippen LogP contribution in [0.5, 0.6) is 0 Å². The molecular weight excluding hydrogens is 310 g/mol. The van der Waals surface area contributed by atoms with Crippen molar-refractivity contribution in [3.05, 3.63) is 0 Å². The van der Waals surface area contributed by atoms with E-state index in [1.165, 1.54) is 0 Å². The average Bonchev–Trinajstić information content (AvgIpc) is 2.57. The van der Waals surface area contributed by atoms with Gasteiger partial charge in [0.2, 0.25) is 5.91 Å². The van der Waals surface area contributed by atoms with Gasteiger partial charge >= 0.3 is 5.97 Å². The number of nitrogens with one attached hydrogen (secondary N) is 1. The zero-order valence-electron chi connectivity index (χ0n) is 15.3. The van der Waals surface area contributed by atoms with Gasteiger partial charge in [0.25, 0.3) is 0 Å². The molecule has 24 heavy (non-hydrogen) atoms. The standard InChI is InChI=1S/C18H33NO5/c1-4-18(2,3)17(22)19-11-13-24-23-12-7-9-14-8-5-6-10-15(14)16(20)21/h14-15H,4-13H2,1-3H3,(H,19,22)(H,20,21). The molecule has 0 radical (unpaired) electrons. The van der Waals surface area contributed by atoms with Crippen LogP contribution in [0.4, 0.5) is 0 Å². The van der Waals surface area contributed by atoms with E-state index >= 15 is 0 Å². The fourth-order valence-electron chi connectivity index (χ4n) is 3.01. The molecule has 2 N–H and O–H groups in total. The molecule has 2 atom stereocenters. The van der Waals surface area contributed by atoms with Crippen LogP contribution >= 0.6 is 0 Å². The predicted octanol–water partition coefficient (Wildman–Crippen LogP) is 3.16. The Balaban J connectivity index is 2.04. The molecule has 0 heterocycles. The number of rotatable bonds is 11. The van der Waals surface area contributed by atoms with E-state index in [1.807, 2.05) is 20.8 Å². The van der Waals surface area contributed by atoms with Crippen molar-refractivity contribution in [3.8, 4) is 0 Å². The maximum atomic E-state index is 11.8. The molecule has 0 aromatic heterocycles. The molecule has 0 aromatic carbocycles. The smallest absolute Gasteiger partial charge is 0.306 e. The van der Waals surface area contributed by atoms with Crippen LogP contribution in [-0.2, 0) is 19.4 Å². The first-order valence-electron chi connectivity index (χ1n) is 9.14. The van der Waals surface area contributed by atoms with Gasteiger partial charge in [-0.15, -0.1) is 0 Å². The summed E-state index contributed by atoms with van der Waals surface area (Å²) in [6, 6.07) is 0. The molecular formula is C18H33NO5. The second-order valence-electron chi connectivity index (χ2n) is 7.27. The first-order valence-corrected chi connectivity index (χ1v) is 9.14. The average molecular weight is 343 g/mol. The Morgan fingerprint density at radius 2 is 1.83 bits per heavy atom. The van der Waals surface area contributed by atoms with Crippen LogP contribution in [0.3, 0.4) is 0 Å². The second-order valence-corrected chi connectivity index (χ2v) is 7.27. The van der Waals surface area contributed by atoms with E-state index in [4.69, 9.17) is 9.78 Å². The third kappa shape index (κ3) is 7.18. The quantitative estimate of drug-likeness (QED) is 0.342. The molecule has 0 aromatic rings. The maximum absolute atomic E-state index is 11.8. The highest BCUT2D eigenvalue weighted by atomic mass is 17.2. The van der Waals surface area contributed by atoms with E-state index in [2.05, 4.69) is 5.32 Å². The van der Waals surface area contributed by atoms with Gasteiger partial charge in [0, 0.05) is 12.0 Å². The molecule has 1 amide bonds. The Bertz CT molecular complexity index is 397. The summed E-state index contributed by atoms with van der Waals surface area (Å²) in [4.78, 5) is 33.2. The Morgan fingerprint density at radius 3 is 2.50 bits per heavy atom. The van der Waals surface area contributed by atoms with Crippen molar-refractivity contribution < 1.29 is 24.5 Å². The molecule has 140 valence electrons. The number of hydrogen-bond acceptors (Lipinski definition) is 4. The third-order valence-electron chi connectivity index (χ3n) is 5.08. The summed E-state index contributed by atoms with van der Waals surface area (Å²) in [7, 11) is 0. The molecule has 1 aliphatic carbocycles. The molecule has 0 spiro atoms. The first-order chi connectivity index (χ1) is 11.4. The lowest BCUT2D eigenvalue weighted by Crippen LogP contribution is -2.38. The van der Waals surface area contributed by atoms with Crippen molar-refractivity contribution in [1.82, 2.24) is 5.32 Å². The minimum absolute atomic E-state index is 0.0191. The van der Waals surface area contributed by atoms with Crippen molar-refractivity contribution in [2.45, 2.75) is 65.7 Å².